The van der Waals surface area contributed by atoms with Crippen LogP contribution in [-0.2, 0) is 4.74 Å². The summed E-state index contributed by atoms with van der Waals surface area (Å²) in [5.74, 6) is 0.332. The Morgan fingerprint density at radius 2 is 2.19 bits per heavy atom. The van der Waals surface area contributed by atoms with Gasteiger partial charge in [-0.05, 0) is 24.5 Å². The Labute approximate surface area is 102 Å². The van der Waals surface area contributed by atoms with Crippen molar-refractivity contribution in [1.29, 1.82) is 0 Å². The third kappa shape index (κ3) is 2.17. The minimum atomic E-state index is -0.0478. The number of benzene rings is 1. The van der Waals surface area contributed by atoms with Gasteiger partial charge in [-0.1, -0.05) is 36.5 Å². The Morgan fingerprint density at radius 3 is 2.88 bits per heavy atom. The summed E-state index contributed by atoms with van der Waals surface area (Å²) >= 11 is 5.48. The van der Waals surface area contributed by atoms with Crippen LogP contribution < -0.4 is 5.73 Å². The molecular weight excluding hydrogens is 218 g/mol. The lowest BCUT2D eigenvalue weighted by Crippen LogP contribution is -2.39. The van der Waals surface area contributed by atoms with E-state index in [2.05, 4.69) is 31.2 Å². The van der Waals surface area contributed by atoms with Gasteiger partial charge in [-0.2, -0.15) is 0 Å². The fraction of sp³-hybridized carbons (Fsp3) is 0.462. The van der Waals surface area contributed by atoms with Crippen molar-refractivity contribution >= 4 is 17.1 Å². The van der Waals surface area contributed by atoms with E-state index >= 15 is 0 Å². The maximum Gasteiger partial charge on any atom is 0.101 e. The van der Waals surface area contributed by atoms with Crippen LogP contribution in [0.5, 0.6) is 0 Å². The Hall–Kier alpha value is -0.770. The molecule has 86 valence electrons. The van der Waals surface area contributed by atoms with Crippen LogP contribution in [0.2, 0.25) is 0 Å². The highest BCUT2D eigenvalue weighted by atomic mass is 32.1. The molecule has 1 heterocycles. The van der Waals surface area contributed by atoms with E-state index in [4.69, 9.17) is 22.7 Å². The van der Waals surface area contributed by atoms with Gasteiger partial charge in [0.05, 0.1) is 0 Å². The van der Waals surface area contributed by atoms with Gasteiger partial charge < -0.3 is 10.5 Å². The van der Waals surface area contributed by atoms with E-state index in [1.54, 1.807) is 0 Å². The number of ether oxygens (including phenoxy) is 1. The van der Waals surface area contributed by atoms with Crippen molar-refractivity contribution in [3.63, 3.8) is 0 Å². The van der Waals surface area contributed by atoms with Crippen molar-refractivity contribution in [2.45, 2.75) is 25.4 Å². The Bertz CT molecular complexity index is 391. The molecule has 1 aliphatic rings. The second-order valence-corrected chi connectivity index (χ2v) is 4.67. The number of nitrogens with two attached hydrogens (primary N) is 1. The van der Waals surface area contributed by atoms with Crippen molar-refractivity contribution < 1.29 is 4.74 Å². The van der Waals surface area contributed by atoms with Gasteiger partial charge in [-0.3, -0.25) is 0 Å². The molecule has 3 heteroatoms. The number of rotatable bonds is 2. The van der Waals surface area contributed by atoms with Crippen LogP contribution in [-0.4, -0.2) is 24.1 Å². The predicted molar refractivity (Wildman–Crippen MR) is 69.9 cm³/mol. The quantitative estimate of drug-likeness (QED) is 0.798. The monoisotopic (exact) mass is 235 g/mol. The first-order valence-corrected chi connectivity index (χ1v) is 6.05. The zero-order chi connectivity index (χ0) is 11.5. The molecule has 0 amide bonds. The average Bonchev–Trinajstić information content (AvgIpc) is 2.31. The molecule has 2 atom stereocenters. The Balaban J connectivity index is 2.27. The molecular formula is C13H17NOS. The molecule has 1 saturated heterocycles. The van der Waals surface area contributed by atoms with Gasteiger partial charge in [0.15, 0.2) is 0 Å². The zero-order valence-electron chi connectivity index (χ0n) is 9.48. The first-order chi connectivity index (χ1) is 7.74. The minimum Gasteiger partial charge on any atom is -0.372 e. The van der Waals surface area contributed by atoms with Gasteiger partial charge in [-0.15, -0.1) is 0 Å². The lowest BCUT2D eigenvalue weighted by molar-refractivity contribution is 0.0835. The summed E-state index contributed by atoms with van der Waals surface area (Å²) in [7, 11) is 0. The van der Waals surface area contributed by atoms with Crippen molar-refractivity contribution in [2.75, 3.05) is 13.2 Å². The molecule has 1 aromatic carbocycles. The molecule has 0 aromatic heterocycles. The van der Waals surface area contributed by atoms with Gasteiger partial charge in [0, 0.05) is 23.9 Å². The molecule has 16 heavy (non-hydrogen) atoms. The van der Waals surface area contributed by atoms with E-state index in [-0.39, 0.29) is 6.10 Å². The molecule has 0 spiro atoms. The number of hydrogen-bond acceptors (Lipinski definition) is 3. The molecule has 2 unspecified atom stereocenters. The highest BCUT2D eigenvalue weighted by Gasteiger charge is 2.29. The lowest BCUT2D eigenvalue weighted by Gasteiger charge is -2.31. The van der Waals surface area contributed by atoms with Crippen LogP contribution in [0.3, 0.4) is 0 Å². The topological polar surface area (TPSA) is 35.2 Å². The van der Waals surface area contributed by atoms with Gasteiger partial charge in [-0.25, -0.2) is 0 Å². The molecule has 1 aromatic rings. The SMILES string of the molecule is Cc1ccccc1C1CCOC(CN)C1=S. The summed E-state index contributed by atoms with van der Waals surface area (Å²) < 4.78 is 5.56. The maximum absolute atomic E-state index is 5.66. The van der Waals surface area contributed by atoms with Gasteiger partial charge in [0.25, 0.3) is 0 Å². The lowest BCUT2D eigenvalue weighted by atomic mass is 9.86. The molecule has 1 fully saturated rings. The molecule has 1 aliphatic heterocycles. The third-order valence-electron chi connectivity index (χ3n) is 3.16. The van der Waals surface area contributed by atoms with Crippen molar-refractivity contribution in [3.8, 4) is 0 Å². The molecule has 0 saturated carbocycles. The first-order valence-electron chi connectivity index (χ1n) is 5.65. The largest absolute Gasteiger partial charge is 0.372 e. The Kier molecular flexibility index (Phi) is 3.69. The number of aryl methyl sites for hydroxylation is 1. The van der Waals surface area contributed by atoms with Crippen LogP contribution in [0.4, 0.5) is 0 Å². The fourth-order valence-electron chi connectivity index (χ4n) is 2.25. The normalized spacial score (nSPS) is 25.8. The summed E-state index contributed by atoms with van der Waals surface area (Å²) in [6.07, 6.45) is 0.925. The molecule has 2 rings (SSSR count). The molecule has 0 aliphatic carbocycles. The summed E-state index contributed by atoms with van der Waals surface area (Å²) in [4.78, 5) is 0.961. The van der Waals surface area contributed by atoms with E-state index in [0.29, 0.717) is 12.5 Å². The number of hydrogen-bond donors (Lipinski definition) is 1. The van der Waals surface area contributed by atoms with E-state index < -0.39 is 0 Å². The second kappa shape index (κ2) is 5.04. The van der Waals surface area contributed by atoms with Crippen molar-refractivity contribution in [2.24, 2.45) is 5.73 Å². The van der Waals surface area contributed by atoms with E-state index in [0.717, 1.165) is 17.9 Å². The average molecular weight is 235 g/mol. The minimum absolute atomic E-state index is 0.0478. The Morgan fingerprint density at radius 1 is 1.44 bits per heavy atom. The van der Waals surface area contributed by atoms with Crippen LogP contribution in [0.1, 0.15) is 23.5 Å². The summed E-state index contributed by atoms with van der Waals surface area (Å²) in [6.45, 7) is 3.37. The van der Waals surface area contributed by atoms with Crippen LogP contribution >= 0.6 is 12.2 Å². The van der Waals surface area contributed by atoms with Crippen LogP contribution in [0, 0.1) is 6.92 Å². The predicted octanol–water partition coefficient (Wildman–Crippen LogP) is 2.20. The van der Waals surface area contributed by atoms with E-state index in [1.165, 1.54) is 11.1 Å². The van der Waals surface area contributed by atoms with Crippen molar-refractivity contribution in [3.05, 3.63) is 35.4 Å². The molecule has 2 N–H and O–H groups in total. The summed E-state index contributed by atoms with van der Waals surface area (Å²) in [5.41, 5.74) is 8.29. The fourth-order valence-corrected chi connectivity index (χ4v) is 2.66. The van der Waals surface area contributed by atoms with E-state index in [1.807, 2.05) is 0 Å². The standard InChI is InChI=1S/C13H17NOS/c1-9-4-2-3-5-10(9)11-6-7-15-12(8-14)13(11)16/h2-5,11-12H,6-8,14H2,1H3. The number of thiocarbonyl (C=S) groups is 1. The highest BCUT2D eigenvalue weighted by Crippen LogP contribution is 2.30. The third-order valence-corrected chi connectivity index (χ3v) is 3.71. The zero-order valence-corrected chi connectivity index (χ0v) is 10.3. The summed E-state index contributed by atoms with van der Waals surface area (Å²) in [6, 6.07) is 8.41. The van der Waals surface area contributed by atoms with Gasteiger partial charge >= 0.3 is 0 Å². The molecule has 0 bridgehead atoms. The van der Waals surface area contributed by atoms with Gasteiger partial charge in [0.1, 0.15) is 6.10 Å². The van der Waals surface area contributed by atoms with Crippen LogP contribution in [0.15, 0.2) is 24.3 Å². The maximum atomic E-state index is 5.66. The van der Waals surface area contributed by atoms with Crippen molar-refractivity contribution in [1.82, 2.24) is 0 Å². The van der Waals surface area contributed by atoms with Crippen LogP contribution in [0.25, 0.3) is 0 Å². The van der Waals surface area contributed by atoms with E-state index in [9.17, 15) is 0 Å². The molecule has 2 nitrogen and oxygen atoms in total. The highest BCUT2D eigenvalue weighted by molar-refractivity contribution is 7.80. The first kappa shape index (κ1) is 11.7. The second-order valence-electron chi connectivity index (χ2n) is 4.20. The van der Waals surface area contributed by atoms with Gasteiger partial charge in [0.2, 0.25) is 0 Å². The summed E-state index contributed by atoms with van der Waals surface area (Å²) in [5, 5.41) is 0. The smallest absolute Gasteiger partial charge is 0.101 e. The molecule has 0 radical (unpaired) electrons.